The predicted octanol–water partition coefficient (Wildman–Crippen LogP) is 1.27. The van der Waals surface area contributed by atoms with Crippen LogP contribution >= 0.6 is 0 Å². The molecule has 0 bridgehead atoms. The van der Waals surface area contributed by atoms with Gasteiger partial charge >= 0.3 is 0 Å². The molecule has 3 rings (SSSR count). The number of nitrogens with one attached hydrogen (secondary N) is 1. The van der Waals surface area contributed by atoms with Gasteiger partial charge in [0.15, 0.2) is 0 Å². The van der Waals surface area contributed by atoms with Crippen LogP contribution in [0, 0.1) is 0 Å². The van der Waals surface area contributed by atoms with Crippen molar-refractivity contribution in [3.63, 3.8) is 0 Å². The highest BCUT2D eigenvalue weighted by atomic mass is 32.2. The fraction of sp³-hybridized carbons (Fsp3) is 0.450. The number of nitrogens with zero attached hydrogens (tertiary/aromatic N) is 5. The van der Waals surface area contributed by atoms with Crippen molar-refractivity contribution in [2.24, 2.45) is 0 Å². The van der Waals surface area contributed by atoms with E-state index in [-0.39, 0.29) is 18.4 Å². The van der Waals surface area contributed by atoms with E-state index in [0.29, 0.717) is 31.2 Å². The van der Waals surface area contributed by atoms with Crippen molar-refractivity contribution in [3.8, 4) is 0 Å². The molecule has 0 spiro atoms. The van der Waals surface area contributed by atoms with E-state index in [1.54, 1.807) is 7.05 Å². The van der Waals surface area contributed by atoms with Crippen molar-refractivity contribution in [1.82, 2.24) is 23.5 Å². The first-order valence-corrected chi connectivity index (χ1v) is 11.1. The van der Waals surface area contributed by atoms with E-state index in [2.05, 4.69) is 15.3 Å². The number of benzene rings is 1. The summed E-state index contributed by atoms with van der Waals surface area (Å²) in [5, 5.41) is 3.00. The molecule has 1 N–H and O–H groups in total. The molecule has 1 unspecified atom stereocenters. The Balaban J connectivity index is 1.79. The molecule has 1 aliphatic rings. The summed E-state index contributed by atoms with van der Waals surface area (Å²) in [6, 6.07) is 11.7. The molecule has 1 saturated heterocycles. The van der Waals surface area contributed by atoms with Gasteiger partial charge in [-0.3, -0.25) is 4.79 Å². The summed E-state index contributed by atoms with van der Waals surface area (Å²) < 4.78 is 27.0. The maximum Gasteiger partial charge on any atom is 0.281 e. The molecule has 2 heterocycles. The molecule has 10 heteroatoms. The van der Waals surface area contributed by atoms with Crippen molar-refractivity contribution in [2.45, 2.75) is 25.4 Å². The van der Waals surface area contributed by atoms with E-state index in [1.165, 1.54) is 25.4 Å². The molecule has 162 valence electrons. The summed E-state index contributed by atoms with van der Waals surface area (Å²) in [5.74, 6) is 1.01. The highest BCUT2D eigenvalue weighted by molar-refractivity contribution is 7.86. The number of likely N-dealkylation sites (tertiary alicyclic amines) is 1. The van der Waals surface area contributed by atoms with Crippen LogP contribution in [0.3, 0.4) is 0 Å². The minimum absolute atomic E-state index is 0.0391. The van der Waals surface area contributed by atoms with Gasteiger partial charge in [-0.25, -0.2) is 9.97 Å². The van der Waals surface area contributed by atoms with Gasteiger partial charge in [0, 0.05) is 59.7 Å². The number of hydrogen-bond acceptors (Lipinski definition) is 6. The monoisotopic (exact) mass is 432 g/mol. The summed E-state index contributed by atoms with van der Waals surface area (Å²) in [6.07, 6.45) is 0.373. The quantitative estimate of drug-likeness (QED) is 0.675. The first-order chi connectivity index (χ1) is 14.2. The Morgan fingerprint density at radius 2 is 1.87 bits per heavy atom. The van der Waals surface area contributed by atoms with Crippen molar-refractivity contribution < 1.29 is 13.2 Å². The largest absolute Gasteiger partial charge is 0.373 e. The summed E-state index contributed by atoms with van der Waals surface area (Å²) in [7, 11) is 2.62. The lowest BCUT2D eigenvalue weighted by molar-refractivity contribution is -0.128. The zero-order valence-corrected chi connectivity index (χ0v) is 18.6. The van der Waals surface area contributed by atoms with Crippen LogP contribution in [-0.2, 0) is 28.1 Å². The molecule has 0 radical (unpaired) electrons. The number of carbonyl (C=O) groups is 1. The minimum atomic E-state index is -3.57. The number of anilines is 1. The Labute approximate surface area is 177 Å². The molecule has 1 aromatic heterocycles. The van der Waals surface area contributed by atoms with Crippen LogP contribution in [0.1, 0.15) is 29.4 Å². The topological polar surface area (TPSA) is 98.7 Å². The number of carbonyl (C=O) groups excluding carboxylic acids is 1. The van der Waals surface area contributed by atoms with Gasteiger partial charge < -0.3 is 10.2 Å². The van der Waals surface area contributed by atoms with E-state index < -0.39 is 10.2 Å². The van der Waals surface area contributed by atoms with Gasteiger partial charge in [-0.2, -0.15) is 17.0 Å². The van der Waals surface area contributed by atoms with E-state index in [9.17, 15) is 13.2 Å². The zero-order chi connectivity index (χ0) is 21.9. The Kier molecular flexibility index (Phi) is 6.69. The third-order valence-corrected chi connectivity index (χ3v) is 6.96. The van der Waals surface area contributed by atoms with E-state index in [0.717, 1.165) is 15.6 Å². The Hall–Kier alpha value is -2.56. The van der Waals surface area contributed by atoms with E-state index in [4.69, 9.17) is 0 Å². The van der Waals surface area contributed by atoms with Gasteiger partial charge in [0.25, 0.3) is 10.2 Å². The summed E-state index contributed by atoms with van der Waals surface area (Å²) >= 11 is 0. The third kappa shape index (κ3) is 4.94. The maximum atomic E-state index is 12.6. The number of aromatic nitrogens is 2. The van der Waals surface area contributed by atoms with Crippen LogP contribution < -0.4 is 5.32 Å². The van der Waals surface area contributed by atoms with Crippen molar-refractivity contribution >= 4 is 21.9 Å². The lowest BCUT2D eigenvalue weighted by Crippen LogP contribution is -2.37. The Morgan fingerprint density at radius 1 is 1.17 bits per heavy atom. The van der Waals surface area contributed by atoms with Crippen LogP contribution in [0.4, 0.5) is 5.82 Å². The smallest absolute Gasteiger partial charge is 0.281 e. The van der Waals surface area contributed by atoms with Crippen LogP contribution in [0.25, 0.3) is 0 Å². The molecule has 30 heavy (non-hydrogen) atoms. The van der Waals surface area contributed by atoms with Gasteiger partial charge in [-0.15, -0.1) is 0 Å². The van der Waals surface area contributed by atoms with Gasteiger partial charge in [0.05, 0.1) is 12.2 Å². The Bertz CT molecular complexity index is 997. The van der Waals surface area contributed by atoms with Crippen LogP contribution in [0.2, 0.25) is 0 Å². The normalized spacial score (nSPS) is 17.2. The molecule has 2 aromatic rings. The number of hydrogen-bond donors (Lipinski definition) is 1. The zero-order valence-electron chi connectivity index (χ0n) is 17.7. The van der Waals surface area contributed by atoms with Crippen molar-refractivity contribution in [1.29, 1.82) is 0 Å². The van der Waals surface area contributed by atoms with Crippen LogP contribution in [0.5, 0.6) is 0 Å². The fourth-order valence-electron chi connectivity index (χ4n) is 3.41. The molecule has 1 amide bonds. The summed E-state index contributed by atoms with van der Waals surface area (Å²) in [4.78, 5) is 23.4. The molecule has 9 nitrogen and oxygen atoms in total. The van der Waals surface area contributed by atoms with Gasteiger partial charge in [-0.05, 0) is 5.56 Å². The average Bonchev–Trinajstić information content (AvgIpc) is 3.08. The standard InChI is InChI=1S/C20H28N6O3S/c1-21-18-11-17(22-19(23-18)14-25(4)30(28,29)24(2)3)16-10-20(27)26(13-16)12-15-8-6-5-7-9-15/h5-9,11,16H,10,12-14H2,1-4H3,(H,21,22,23). The van der Waals surface area contributed by atoms with Crippen molar-refractivity contribution in [3.05, 3.63) is 53.5 Å². The molecule has 0 aliphatic carbocycles. The highest BCUT2D eigenvalue weighted by Gasteiger charge is 2.32. The van der Waals surface area contributed by atoms with Gasteiger partial charge in [-0.1, -0.05) is 30.3 Å². The molecule has 1 atom stereocenters. The summed E-state index contributed by atoms with van der Waals surface area (Å²) in [6.45, 7) is 1.17. The molecule has 1 aliphatic heterocycles. The lowest BCUT2D eigenvalue weighted by atomic mass is 10.0. The van der Waals surface area contributed by atoms with Gasteiger partial charge in [0.1, 0.15) is 11.6 Å². The van der Waals surface area contributed by atoms with Crippen LogP contribution in [-0.4, -0.2) is 72.5 Å². The number of rotatable bonds is 8. The van der Waals surface area contributed by atoms with E-state index in [1.807, 2.05) is 41.3 Å². The van der Waals surface area contributed by atoms with Gasteiger partial charge in [0.2, 0.25) is 5.91 Å². The fourth-order valence-corrected chi connectivity index (χ4v) is 4.25. The second-order valence-electron chi connectivity index (χ2n) is 7.55. The van der Waals surface area contributed by atoms with Crippen LogP contribution in [0.15, 0.2) is 36.4 Å². The highest BCUT2D eigenvalue weighted by Crippen LogP contribution is 2.29. The summed E-state index contributed by atoms with van der Waals surface area (Å²) in [5.41, 5.74) is 1.82. The Morgan fingerprint density at radius 3 is 2.50 bits per heavy atom. The average molecular weight is 433 g/mol. The number of amides is 1. The second-order valence-corrected chi connectivity index (χ2v) is 9.80. The molecular weight excluding hydrogens is 404 g/mol. The predicted molar refractivity (Wildman–Crippen MR) is 115 cm³/mol. The lowest BCUT2D eigenvalue weighted by Gasteiger charge is -2.21. The molecule has 0 saturated carbocycles. The SMILES string of the molecule is CNc1cc(C2CC(=O)N(Cc3ccccc3)C2)nc(CN(C)S(=O)(=O)N(C)C)n1. The van der Waals surface area contributed by atoms with E-state index >= 15 is 0 Å². The molecule has 1 aromatic carbocycles. The second kappa shape index (κ2) is 9.07. The van der Waals surface area contributed by atoms with Crippen molar-refractivity contribution in [2.75, 3.05) is 40.1 Å². The molecular formula is C20H28N6O3S. The minimum Gasteiger partial charge on any atom is -0.373 e. The first-order valence-electron chi connectivity index (χ1n) is 9.71. The maximum absolute atomic E-state index is 12.6. The first kappa shape index (κ1) is 22.1. The third-order valence-electron chi connectivity index (χ3n) is 5.12. The molecule has 1 fully saturated rings.